The monoisotopic (exact) mass is 180 g/mol. The zero-order valence-electron chi connectivity index (χ0n) is 8.55. The van der Waals surface area contributed by atoms with E-state index in [1.54, 1.807) is 0 Å². The van der Waals surface area contributed by atoms with Crippen LogP contribution in [-0.2, 0) is 0 Å². The molecule has 0 bridgehead atoms. The van der Waals surface area contributed by atoms with Crippen LogP contribution in [0.2, 0.25) is 0 Å². The van der Waals surface area contributed by atoms with E-state index in [-0.39, 0.29) is 0 Å². The molecule has 1 unspecified atom stereocenters. The van der Waals surface area contributed by atoms with Gasteiger partial charge >= 0.3 is 0 Å². The van der Waals surface area contributed by atoms with E-state index in [0.717, 1.165) is 25.7 Å². The molecule has 74 valence electrons. The lowest BCUT2D eigenvalue weighted by Crippen LogP contribution is -2.27. The van der Waals surface area contributed by atoms with Crippen molar-refractivity contribution in [3.8, 4) is 0 Å². The van der Waals surface area contributed by atoms with Crippen molar-refractivity contribution in [2.45, 2.75) is 51.0 Å². The van der Waals surface area contributed by atoms with Crippen LogP contribution >= 0.6 is 0 Å². The summed E-state index contributed by atoms with van der Waals surface area (Å²) in [5, 5.41) is 10.2. The van der Waals surface area contributed by atoms with E-state index >= 15 is 0 Å². The summed E-state index contributed by atoms with van der Waals surface area (Å²) in [6.45, 7) is 5.60. The summed E-state index contributed by atoms with van der Waals surface area (Å²) in [5.41, 5.74) is 0.648. The fourth-order valence-corrected chi connectivity index (χ4v) is 1.87. The van der Waals surface area contributed by atoms with E-state index in [2.05, 4.69) is 12.7 Å². The predicted molar refractivity (Wildman–Crippen MR) is 56.6 cm³/mol. The molecule has 13 heavy (non-hydrogen) atoms. The van der Waals surface area contributed by atoms with Crippen LogP contribution in [0.5, 0.6) is 0 Å². The van der Waals surface area contributed by atoms with Crippen molar-refractivity contribution >= 4 is 0 Å². The minimum Gasteiger partial charge on any atom is -0.386 e. The minimum atomic E-state index is -0.589. The van der Waals surface area contributed by atoms with E-state index in [1.165, 1.54) is 18.4 Å². The number of allylic oxidation sites excluding steroid dienone is 2. The molecule has 0 radical (unpaired) electrons. The summed E-state index contributed by atoms with van der Waals surface area (Å²) in [7, 11) is 0. The number of hydrogen-bond acceptors (Lipinski definition) is 1. The van der Waals surface area contributed by atoms with Gasteiger partial charge in [-0.1, -0.05) is 12.2 Å². The second kappa shape index (κ2) is 4.61. The first-order valence-electron chi connectivity index (χ1n) is 5.19. The molecule has 1 heteroatoms. The van der Waals surface area contributed by atoms with E-state index in [0.29, 0.717) is 0 Å². The summed E-state index contributed by atoms with van der Waals surface area (Å²) in [6.07, 6.45) is 10.5. The van der Waals surface area contributed by atoms with Crippen molar-refractivity contribution in [3.63, 3.8) is 0 Å². The highest BCUT2D eigenvalue weighted by molar-refractivity contribution is 5.17. The Hall–Kier alpha value is -0.560. The molecule has 0 saturated carbocycles. The van der Waals surface area contributed by atoms with Gasteiger partial charge in [-0.15, -0.1) is 6.58 Å². The van der Waals surface area contributed by atoms with Gasteiger partial charge in [-0.2, -0.15) is 0 Å². The molecule has 1 rings (SSSR count). The first kappa shape index (κ1) is 10.5. The van der Waals surface area contributed by atoms with Gasteiger partial charge < -0.3 is 5.11 Å². The first-order valence-corrected chi connectivity index (χ1v) is 5.19. The Morgan fingerprint density at radius 3 is 2.92 bits per heavy atom. The zero-order valence-corrected chi connectivity index (χ0v) is 8.55. The van der Waals surface area contributed by atoms with Gasteiger partial charge in [0.1, 0.15) is 0 Å². The van der Waals surface area contributed by atoms with Crippen molar-refractivity contribution in [1.82, 2.24) is 0 Å². The molecule has 0 spiro atoms. The molecule has 0 aliphatic heterocycles. The van der Waals surface area contributed by atoms with Crippen LogP contribution in [-0.4, -0.2) is 10.7 Å². The molecule has 0 heterocycles. The average molecular weight is 180 g/mol. The molecule has 0 aromatic carbocycles. The van der Waals surface area contributed by atoms with Gasteiger partial charge in [0.25, 0.3) is 0 Å². The van der Waals surface area contributed by atoms with Crippen molar-refractivity contribution in [2.24, 2.45) is 0 Å². The smallest absolute Gasteiger partial charge is 0.0831 e. The number of hydrogen-bond donors (Lipinski definition) is 1. The Morgan fingerprint density at radius 2 is 2.38 bits per heavy atom. The molecule has 1 nitrogen and oxygen atoms in total. The van der Waals surface area contributed by atoms with E-state index in [4.69, 9.17) is 0 Å². The van der Waals surface area contributed by atoms with Gasteiger partial charge in [-0.25, -0.2) is 0 Å². The van der Waals surface area contributed by atoms with Gasteiger partial charge in [0, 0.05) is 0 Å². The molecule has 1 atom stereocenters. The largest absolute Gasteiger partial charge is 0.386 e. The van der Waals surface area contributed by atoms with Crippen molar-refractivity contribution < 1.29 is 5.11 Å². The predicted octanol–water partition coefficient (Wildman–Crippen LogP) is 3.20. The third-order valence-electron chi connectivity index (χ3n) is 2.82. The van der Waals surface area contributed by atoms with Gasteiger partial charge in [-0.3, -0.25) is 0 Å². The third kappa shape index (κ3) is 3.00. The van der Waals surface area contributed by atoms with E-state index < -0.39 is 5.60 Å². The molecule has 0 fully saturated rings. The van der Waals surface area contributed by atoms with Gasteiger partial charge in [0.05, 0.1) is 5.60 Å². The second-order valence-corrected chi connectivity index (χ2v) is 4.08. The van der Waals surface area contributed by atoms with Crippen LogP contribution < -0.4 is 0 Å². The van der Waals surface area contributed by atoms with Gasteiger partial charge in [-0.05, 0) is 51.0 Å². The molecule has 1 aliphatic carbocycles. The van der Waals surface area contributed by atoms with E-state index in [1.807, 2.05) is 13.0 Å². The fraction of sp³-hybridized carbons (Fsp3) is 0.667. The Balaban J connectivity index is 2.55. The highest BCUT2D eigenvalue weighted by atomic mass is 16.3. The minimum absolute atomic E-state index is 0.589. The van der Waals surface area contributed by atoms with Crippen LogP contribution in [0.15, 0.2) is 24.3 Å². The van der Waals surface area contributed by atoms with Crippen LogP contribution in [0.1, 0.15) is 45.4 Å². The summed E-state index contributed by atoms with van der Waals surface area (Å²) < 4.78 is 0. The maximum absolute atomic E-state index is 10.2. The molecular formula is C12H20O. The lowest BCUT2D eigenvalue weighted by atomic mass is 9.84. The van der Waals surface area contributed by atoms with Gasteiger partial charge in [0.2, 0.25) is 0 Å². The van der Waals surface area contributed by atoms with Crippen LogP contribution in [0.25, 0.3) is 0 Å². The molecular weight excluding hydrogens is 160 g/mol. The molecule has 1 N–H and O–H groups in total. The fourth-order valence-electron chi connectivity index (χ4n) is 1.87. The molecule has 0 aromatic heterocycles. The molecule has 0 amide bonds. The quantitative estimate of drug-likeness (QED) is 0.659. The Morgan fingerprint density at radius 1 is 1.62 bits per heavy atom. The zero-order chi connectivity index (χ0) is 9.73. The topological polar surface area (TPSA) is 20.2 Å². The van der Waals surface area contributed by atoms with Crippen molar-refractivity contribution in [1.29, 1.82) is 0 Å². The standard InChI is InChI=1S/C12H20O/c1-3-4-10-12(2,13)11-8-6-5-7-9-11/h3,8,13H,1,4-7,9-10H2,2H3. The Bertz CT molecular complexity index is 201. The lowest BCUT2D eigenvalue weighted by Gasteiger charge is -2.28. The van der Waals surface area contributed by atoms with Crippen molar-refractivity contribution in [2.75, 3.05) is 0 Å². The van der Waals surface area contributed by atoms with Crippen LogP contribution in [0.4, 0.5) is 0 Å². The Labute approximate surface area is 81.2 Å². The lowest BCUT2D eigenvalue weighted by molar-refractivity contribution is 0.0845. The average Bonchev–Trinajstić information content (AvgIpc) is 2.16. The van der Waals surface area contributed by atoms with E-state index in [9.17, 15) is 5.11 Å². The molecule has 1 aliphatic rings. The maximum Gasteiger partial charge on any atom is 0.0831 e. The summed E-state index contributed by atoms with van der Waals surface area (Å²) in [5.74, 6) is 0. The summed E-state index contributed by atoms with van der Waals surface area (Å²) >= 11 is 0. The molecule has 0 saturated heterocycles. The highest BCUT2D eigenvalue weighted by Gasteiger charge is 2.25. The molecule has 0 aromatic rings. The normalized spacial score (nSPS) is 21.8. The number of rotatable bonds is 4. The maximum atomic E-state index is 10.2. The number of aliphatic hydroxyl groups is 1. The van der Waals surface area contributed by atoms with Gasteiger partial charge in [0.15, 0.2) is 0 Å². The van der Waals surface area contributed by atoms with Crippen molar-refractivity contribution in [3.05, 3.63) is 24.3 Å². The first-order chi connectivity index (χ1) is 6.17. The summed E-state index contributed by atoms with van der Waals surface area (Å²) in [4.78, 5) is 0. The second-order valence-electron chi connectivity index (χ2n) is 4.08. The summed E-state index contributed by atoms with van der Waals surface area (Å²) in [6, 6.07) is 0. The van der Waals surface area contributed by atoms with Crippen LogP contribution in [0, 0.1) is 0 Å². The third-order valence-corrected chi connectivity index (χ3v) is 2.82. The highest BCUT2D eigenvalue weighted by Crippen LogP contribution is 2.30. The van der Waals surface area contributed by atoms with Crippen LogP contribution in [0.3, 0.4) is 0 Å². The Kier molecular flexibility index (Phi) is 3.73. The SMILES string of the molecule is C=CCCC(C)(O)C1=CCCCC1.